The lowest BCUT2D eigenvalue weighted by molar-refractivity contribution is -0.142. The Hall–Kier alpha value is -2.53. The Morgan fingerprint density at radius 1 is 1.04 bits per heavy atom. The highest BCUT2D eigenvalue weighted by Crippen LogP contribution is 2.15. The van der Waals surface area contributed by atoms with E-state index in [1.54, 1.807) is 6.92 Å². The van der Waals surface area contributed by atoms with Crippen LogP contribution < -0.4 is 10.5 Å². The van der Waals surface area contributed by atoms with Crippen molar-refractivity contribution in [2.75, 3.05) is 19.8 Å². The molecule has 0 unspecified atom stereocenters. The van der Waals surface area contributed by atoms with Crippen LogP contribution in [0.4, 0.5) is 0 Å². The van der Waals surface area contributed by atoms with Crippen LogP contribution in [-0.2, 0) is 16.0 Å². The van der Waals surface area contributed by atoms with Crippen LogP contribution in [0.2, 0.25) is 0 Å². The Bertz CT molecular complexity index is 688. The third kappa shape index (κ3) is 8.03. The van der Waals surface area contributed by atoms with Gasteiger partial charge in [0, 0.05) is 0 Å². The molecular formula is C20H25ClN2O3. The highest BCUT2D eigenvalue weighted by Gasteiger charge is 2.02. The summed E-state index contributed by atoms with van der Waals surface area (Å²) in [6.45, 7) is 2.65. The number of benzene rings is 2. The first-order valence-electron chi connectivity index (χ1n) is 8.37. The summed E-state index contributed by atoms with van der Waals surface area (Å²) in [6.07, 6.45) is 1.11. The number of amidine groups is 1. The number of rotatable bonds is 9. The van der Waals surface area contributed by atoms with E-state index in [-0.39, 0.29) is 31.4 Å². The molecule has 2 aromatic rings. The van der Waals surface area contributed by atoms with E-state index in [0.717, 1.165) is 12.2 Å². The van der Waals surface area contributed by atoms with Gasteiger partial charge in [-0.2, -0.15) is 0 Å². The maximum atomic E-state index is 11.2. The number of hydrogen-bond acceptors (Lipinski definition) is 4. The van der Waals surface area contributed by atoms with Crippen LogP contribution in [-0.4, -0.2) is 31.6 Å². The second-order valence-electron chi connectivity index (χ2n) is 5.52. The van der Waals surface area contributed by atoms with Crippen molar-refractivity contribution in [1.82, 2.24) is 0 Å². The molecule has 0 fully saturated rings. The van der Waals surface area contributed by atoms with E-state index in [9.17, 15) is 4.79 Å². The first kappa shape index (κ1) is 21.5. The summed E-state index contributed by atoms with van der Waals surface area (Å²) in [5.41, 5.74) is 8.28. The summed E-state index contributed by atoms with van der Waals surface area (Å²) >= 11 is 0. The monoisotopic (exact) mass is 376 g/mol. The number of nitrogens with two attached hydrogens (primary N) is 1. The maximum absolute atomic E-state index is 11.2. The number of carbonyl (C=O) groups excluding carboxylic acids is 1. The van der Waals surface area contributed by atoms with Crippen molar-refractivity contribution in [2.45, 2.75) is 19.8 Å². The number of hydrogen-bond donors (Lipinski definition) is 1. The highest BCUT2D eigenvalue weighted by molar-refractivity contribution is 5.85. The van der Waals surface area contributed by atoms with E-state index in [1.165, 1.54) is 11.1 Å². The molecule has 0 amide bonds. The van der Waals surface area contributed by atoms with Crippen molar-refractivity contribution >= 4 is 24.2 Å². The van der Waals surface area contributed by atoms with E-state index in [0.29, 0.717) is 19.0 Å². The van der Waals surface area contributed by atoms with Gasteiger partial charge >= 0.3 is 5.97 Å². The molecule has 5 nitrogen and oxygen atoms in total. The minimum Gasteiger partial charge on any atom is -0.486 e. The zero-order valence-corrected chi connectivity index (χ0v) is 15.7. The van der Waals surface area contributed by atoms with Gasteiger partial charge in [-0.05, 0) is 36.6 Å². The van der Waals surface area contributed by atoms with Crippen molar-refractivity contribution in [2.24, 2.45) is 10.7 Å². The molecule has 0 aliphatic rings. The Morgan fingerprint density at radius 3 is 2.35 bits per heavy atom. The summed E-state index contributed by atoms with van der Waals surface area (Å²) < 4.78 is 10.4. The zero-order valence-electron chi connectivity index (χ0n) is 14.9. The van der Waals surface area contributed by atoms with Crippen molar-refractivity contribution in [1.29, 1.82) is 0 Å². The molecular weight excluding hydrogens is 352 g/mol. The van der Waals surface area contributed by atoms with Crippen molar-refractivity contribution < 1.29 is 14.3 Å². The lowest BCUT2D eigenvalue weighted by Crippen LogP contribution is -2.22. The quantitative estimate of drug-likeness (QED) is 0.413. The Balaban J connectivity index is 0.00000338. The molecule has 0 heterocycles. The average Bonchev–Trinajstić information content (AvgIpc) is 2.62. The average molecular weight is 377 g/mol. The van der Waals surface area contributed by atoms with Crippen molar-refractivity contribution in [3.05, 3.63) is 65.7 Å². The third-order valence-electron chi connectivity index (χ3n) is 3.50. The third-order valence-corrected chi connectivity index (χ3v) is 3.50. The van der Waals surface area contributed by atoms with E-state index in [2.05, 4.69) is 17.1 Å². The van der Waals surface area contributed by atoms with Crippen LogP contribution in [0.3, 0.4) is 0 Å². The molecule has 0 aliphatic heterocycles. The second-order valence-corrected chi connectivity index (χ2v) is 5.52. The number of carbonyl (C=O) groups is 1. The summed E-state index contributed by atoms with van der Waals surface area (Å²) in [6, 6.07) is 18.2. The Kier molecular flexibility index (Phi) is 9.87. The molecule has 0 bridgehead atoms. The fraction of sp³-hybridized carbons (Fsp3) is 0.300. The van der Waals surface area contributed by atoms with E-state index < -0.39 is 0 Å². The minimum absolute atomic E-state index is 0. The molecule has 0 aromatic heterocycles. The topological polar surface area (TPSA) is 73.9 Å². The van der Waals surface area contributed by atoms with Crippen LogP contribution >= 0.6 is 12.4 Å². The summed E-state index contributed by atoms with van der Waals surface area (Å²) in [5, 5.41) is 0. The van der Waals surface area contributed by atoms with Crippen LogP contribution in [0.25, 0.3) is 0 Å². The normalized spacial score (nSPS) is 10.7. The van der Waals surface area contributed by atoms with Gasteiger partial charge in [0.05, 0.1) is 19.6 Å². The molecule has 0 radical (unpaired) electrons. The Labute approximate surface area is 160 Å². The number of esters is 1. The predicted octanol–water partition coefficient (Wildman–Crippen LogP) is 3.39. The maximum Gasteiger partial charge on any atom is 0.307 e. The predicted molar refractivity (Wildman–Crippen MR) is 106 cm³/mol. The highest BCUT2D eigenvalue weighted by atomic mass is 35.5. The van der Waals surface area contributed by atoms with Crippen LogP contribution in [0.1, 0.15) is 24.5 Å². The number of ether oxygens (including phenoxy) is 2. The van der Waals surface area contributed by atoms with Gasteiger partial charge < -0.3 is 15.2 Å². The van der Waals surface area contributed by atoms with E-state index >= 15 is 0 Å². The molecule has 26 heavy (non-hydrogen) atoms. The fourth-order valence-corrected chi connectivity index (χ4v) is 2.26. The van der Waals surface area contributed by atoms with Crippen LogP contribution in [0, 0.1) is 0 Å². The van der Waals surface area contributed by atoms with Gasteiger partial charge in [-0.25, -0.2) is 0 Å². The van der Waals surface area contributed by atoms with Crippen molar-refractivity contribution in [3.8, 4) is 5.75 Å². The smallest absolute Gasteiger partial charge is 0.307 e. The second kappa shape index (κ2) is 11.9. The van der Waals surface area contributed by atoms with Gasteiger partial charge in [0.25, 0.3) is 0 Å². The lowest BCUT2D eigenvalue weighted by Gasteiger charge is -2.07. The van der Waals surface area contributed by atoms with Gasteiger partial charge in [0.2, 0.25) is 0 Å². The molecule has 0 atom stereocenters. The first-order valence-corrected chi connectivity index (χ1v) is 8.37. The zero-order chi connectivity index (χ0) is 17.9. The molecule has 0 saturated carbocycles. The molecule has 6 heteroatoms. The number of nitrogens with zero attached hydrogens (tertiary/aromatic N) is 1. The minimum atomic E-state index is -0.269. The van der Waals surface area contributed by atoms with Gasteiger partial charge in [-0.1, -0.05) is 42.5 Å². The van der Waals surface area contributed by atoms with Crippen LogP contribution in [0.5, 0.6) is 5.75 Å². The lowest BCUT2D eigenvalue weighted by atomic mass is 10.1. The van der Waals surface area contributed by atoms with Gasteiger partial charge in [-0.3, -0.25) is 9.79 Å². The summed E-state index contributed by atoms with van der Waals surface area (Å²) in [5.74, 6) is 0.826. The number of aliphatic imine (C=N–C) groups is 1. The summed E-state index contributed by atoms with van der Waals surface area (Å²) in [4.78, 5) is 15.3. The fourth-order valence-electron chi connectivity index (χ4n) is 2.26. The SMILES string of the molecule is CCOC(=O)CCN=C(N)COc1ccc(Cc2ccccc2)cc1.Cl. The molecule has 0 saturated heterocycles. The van der Waals surface area contributed by atoms with Crippen molar-refractivity contribution in [3.63, 3.8) is 0 Å². The van der Waals surface area contributed by atoms with Crippen LogP contribution in [0.15, 0.2) is 59.6 Å². The van der Waals surface area contributed by atoms with Gasteiger partial charge in [0.1, 0.15) is 18.2 Å². The standard InChI is InChI=1S/C20H24N2O3.ClH/c1-2-24-20(23)12-13-22-19(21)15-25-18-10-8-17(9-11-18)14-16-6-4-3-5-7-16;/h3-11H,2,12-15H2,1H3,(H2,21,22);1H. The van der Waals surface area contributed by atoms with E-state index in [1.807, 2.05) is 42.5 Å². The molecule has 2 aromatic carbocycles. The molecule has 2 N–H and O–H groups in total. The molecule has 140 valence electrons. The first-order chi connectivity index (χ1) is 12.2. The summed E-state index contributed by atoms with van der Waals surface area (Å²) in [7, 11) is 0. The largest absolute Gasteiger partial charge is 0.486 e. The van der Waals surface area contributed by atoms with Gasteiger partial charge in [-0.15, -0.1) is 12.4 Å². The number of halogens is 1. The van der Waals surface area contributed by atoms with Gasteiger partial charge in [0.15, 0.2) is 0 Å². The molecule has 2 rings (SSSR count). The Morgan fingerprint density at radius 2 is 1.69 bits per heavy atom. The molecule has 0 spiro atoms. The van der Waals surface area contributed by atoms with E-state index in [4.69, 9.17) is 15.2 Å². The molecule has 0 aliphatic carbocycles.